The van der Waals surface area contributed by atoms with Gasteiger partial charge >= 0.3 is 5.97 Å². The van der Waals surface area contributed by atoms with Gasteiger partial charge in [-0.25, -0.2) is 13.2 Å². The predicted molar refractivity (Wildman–Crippen MR) is 102 cm³/mol. The molecule has 9 heteroatoms. The van der Waals surface area contributed by atoms with Crippen molar-refractivity contribution in [3.63, 3.8) is 0 Å². The molecule has 2 bridgehead atoms. The number of benzene rings is 1. The van der Waals surface area contributed by atoms with Crippen LogP contribution >= 0.6 is 0 Å². The van der Waals surface area contributed by atoms with Crippen molar-refractivity contribution in [2.24, 2.45) is 5.92 Å². The van der Waals surface area contributed by atoms with Gasteiger partial charge in [0.05, 0.1) is 24.2 Å². The lowest BCUT2D eigenvalue weighted by atomic mass is 9.72. The molecule has 29 heavy (non-hydrogen) atoms. The first kappa shape index (κ1) is 21.6. The molecule has 3 aliphatic rings. The molecule has 0 saturated carbocycles. The molecule has 2 heterocycles. The van der Waals surface area contributed by atoms with Gasteiger partial charge in [-0.05, 0) is 37.5 Å². The number of aliphatic hydroxyl groups excluding tert-OH is 1. The van der Waals surface area contributed by atoms with E-state index < -0.39 is 45.8 Å². The number of carbonyl (C=O) groups excluding carboxylic acids is 2. The summed E-state index contributed by atoms with van der Waals surface area (Å²) in [5, 5.41) is 8.97. The molecule has 1 aromatic rings. The fraction of sp³-hybridized carbons (Fsp3) is 0.500. The highest BCUT2D eigenvalue weighted by molar-refractivity contribution is 7.92. The van der Waals surface area contributed by atoms with Crippen LogP contribution in [-0.2, 0) is 33.6 Å². The summed E-state index contributed by atoms with van der Waals surface area (Å²) in [6.45, 7) is 1.19. The van der Waals surface area contributed by atoms with Crippen LogP contribution in [0.4, 0.5) is 0 Å². The van der Waals surface area contributed by atoms with Crippen molar-refractivity contribution >= 4 is 21.6 Å². The second-order valence-corrected chi connectivity index (χ2v) is 8.95. The number of fused-ring (bicyclic) bond motifs is 3. The van der Waals surface area contributed by atoms with E-state index in [1.165, 1.54) is 12.1 Å². The fourth-order valence-corrected chi connectivity index (χ4v) is 5.18. The van der Waals surface area contributed by atoms with E-state index in [4.69, 9.17) is 19.3 Å². The molecule has 3 atom stereocenters. The minimum Gasteiger partial charge on any atom is -0.463 e. The number of rotatable bonds is 9. The molecule has 1 saturated heterocycles. The predicted octanol–water partition coefficient (Wildman–Crippen LogP) is 1.03. The summed E-state index contributed by atoms with van der Waals surface area (Å²) in [4.78, 5) is 26.2. The van der Waals surface area contributed by atoms with Crippen molar-refractivity contribution in [1.29, 1.82) is 0 Å². The highest BCUT2D eigenvalue weighted by Gasteiger charge is 2.59. The van der Waals surface area contributed by atoms with Crippen molar-refractivity contribution in [3.8, 4) is 0 Å². The maximum Gasteiger partial charge on any atom is 0.350 e. The number of ketones is 1. The second kappa shape index (κ2) is 8.74. The second-order valence-electron chi connectivity index (χ2n) is 6.96. The normalized spacial score (nSPS) is 26.1. The highest BCUT2D eigenvalue weighted by atomic mass is 32.2. The number of ether oxygens (including phenoxy) is 3. The summed E-state index contributed by atoms with van der Waals surface area (Å²) in [6.07, 6.45) is 2.29. The van der Waals surface area contributed by atoms with Gasteiger partial charge in [0.1, 0.15) is 12.5 Å². The number of sulfone groups is 1. The van der Waals surface area contributed by atoms with E-state index in [1.54, 1.807) is 31.2 Å². The molecule has 4 rings (SSSR count). The molecule has 0 radical (unpaired) electrons. The molecular weight excluding hydrogens is 400 g/mol. The molecule has 0 spiro atoms. The standard InChI is InChI=1S/C20H24O8S/c1-2-27-19(23)20(17-9-8-15(28-20)10-14(17)11-26-13-21)18(22)12-29(24,25)16-6-4-3-5-7-16/h3-7,9,14-15,21H,2,8,10-13H2,1H3/t14-,15-,20+/m0/s1. The Morgan fingerprint density at radius 1 is 1.28 bits per heavy atom. The number of hydrogen-bond donors (Lipinski definition) is 1. The fourth-order valence-electron chi connectivity index (χ4n) is 3.89. The van der Waals surface area contributed by atoms with Gasteiger partial charge in [0.2, 0.25) is 5.60 Å². The number of carbonyl (C=O) groups is 2. The van der Waals surface area contributed by atoms with Gasteiger partial charge in [0.25, 0.3) is 0 Å². The van der Waals surface area contributed by atoms with Crippen LogP contribution in [0.15, 0.2) is 46.9 Å². The molecule has 0 aromatic heterocycles. The maximum absolute atomic E-state index is 13.3. The molecule has 0 amide bonds. The topological polar surface area (TPSA) is 116 Å². The van der Waals surface area contributed by atoms with Crippen LogP contribution < -0.4 is 0 Å². The van der Waals surface area contributed by atoms with Crippen LogP contribution in [0.5, 0.6) is 0 Å². The summed E-state index contributed by atoms with van der Waals surface area (Å²) < 4.78 is 41.6. The third-order valence-corrected chi connectivity index (χ3v) is 6.76. The molecule has 8 nitrogen and oxygen atoms in total. The van der Waals surface area contributed by atoms with Gasteiger partial charge in [-0.15, -0.1) is 0 Å². The van der Waals surface area contributed by atoms with Gasteiger partial charge < -0.3 is 19.3 Å². The first-order valence-electron chi connectivity index (χ1n) is 9.40. The van der Waals surface area contributed by atoms with Gasteiger partial charge in [0.15, 0.2) is 15.6 Å². The first-order chi connectivity index (χ1) is 13.8. The van der Waals surface area contributed by atoms with Gasteiger partial charge in [0, 0.05) is 5.92 Å². The molecule has 1 fully saturated rings. The van der Waals surface area contributed by atoms with Crippen molar-refractivity contribution in [2.75, 3.05) is 25.8 Å². The molecule has 1 N–H and O–H groups in total. The van der Waals surface area contributed by atoms with Crippen molar-refractivity contribution in [2.45, 2.75) is 36.4 Å². The van der Waals surface area contributed by atoms with Crippen LogP contribution in [0.2, 0.25) is 0 Å². The van der Waals surface area contributed by atoms with E-state index in [-0.39, 0.29) is 24.0 Å². The molecule has 2 aliphatic heterocycles. The molecule has 1 aromatic carbocycles. The van der Waals surface area contributed by atoms with Gasteiger partial charge in [-0.1, -0.05) is 24.3 Å². The Kier molecular flexibility index (Phi) is 6.52. The zero-order valence-corrected chi connectivity index (χ0v) is 16.9. The smallest absolute Gasteiger partial charge is 0.350 e. The lowest BCUT2D eigenvalue weighted by Crippen LogP contribution is -2.61. The van der Waals surface area contributed by atoms with Crippen molar-refractivity contribution in [3.05, 3.63) is 42.0 Å². The minimum absolute atomic E-state index is 0.0116. The third kappa shape index (κ3) is 4.13. The Morgan fingerprint density at radius 3 is 2.62 bits per heavy atom. The first-order valence-corrected chi connectivity index (χ1v) is 11.1. The zero-order valence-electron chi connectivity index (χ0n) is 16.1. The van der Waals surface area contributed by atoms with Crippen LogP contribution in [-0.4, -0.2) is 62.7 Å². The van der Waals surface area contributed by atoms with E-state index in [2.05, 4.69) is 0 Å². The minimum atomic E-state index is -3.98. The van der Waals surface area contributed by atoms with Crippen LogP contribution in [0, 0.1) is 5.92 Å². The number of esters is 1. The molecular formula is C20H24O8S. The van der Waals surface area contributed by atoms with Gasteiger partial charge in [-0.3, -0.25) is 4.79 Å². The average molecular weight is 424 g/mol. The molecule has 0 unspecified atom stereocenters. The summed E-state index contributed by atoms with van der Waals surface area (Å²) in [6, 6.07) is 7.57. The van der Waals surface area contributed by atoms with Crippen LogP contribution in [0.25, 0.3) is 0 Å². The van der Waals surface area contributed by atoms with Gasteiger partial charge in [-0.2, -0.15) is 0 Å². The van der Waals surface area contributed by atoms with E-state index in [9.17, 15) is 18.0 Å². The SMILES string of the molecule is CCOC(=O)[C@@]1(C(=O)CS(=O)(=O)c2ccccc2)O[C@H]2CC=C1[C@H](COCO)C2. The Bertz CT molecular complexity index is 892. The maximum atomic E-state index is 13.3. The highest BCUT2D eigenvalue weighted by Crippen LogP contribution is 2.45. The third-order valence-electron chi connectivity index (χ3n) is 5.13. The monoisotopic (exact) mass is 424 g/mol. The van der Waals surface area contributed by atoms with E-state index in [0.717, 1.165) is 0 Å². The van der Waals surface area contributed by atoms with E-state index in [0.29, 0.717) is 18.4 Å². The number of hydrogen-bond acceptors (Lipinski definition) is 8. The lowest BCUT2D eigenvalue weighted by Gasteiger charge is -2.47. The van der Waals surface area contributed by atoms with Crippen LogP contribution in [0.1, 0.15) is 19.8 Å². The Labute approximate surface area is 169 Å². The van der Waals surface area contributed by atoms with Crippen molar-refractivity contribution in [1.82, 2.24) is 0 Å². The summed E-state index contributed by atoms with van der Waals surface area (Å²) in [5.41, 5.74) is -1.76. The number of aliphatic hydroxyl groups is 1. The summed E-state index contributed by atoms with van der Waals surface area (Å²) in [5.74, 6) is -3.06. The summed E-state index contributed by atoms with van der Waals surface area (Å²) in [7, 11) is -3.98. The molecule has 158 valence electrons. The molecule has 1 aliphatic carbocycles. The van der Waals surface area contributed by atoms with Crippen LogP contribution in [0.3, 0.4) is 0 Å². The Hall–Kier alpha value is -2.07. The van der Waals surface area contributed by atoms with E-state index in [1.807, 2.05) is 0 Å². The van der Waals surface area contributed by atoms with E-state index >= 15 is 0 Å². The van der Waals surface area contributed by atoms with Crippen molar-refractivity contribution < 1.29 is 37.3 Å². The summed E-state index contributed by atoms with van der Waals surface area (Å²) >= 11 is 0. The number of Topliss-reactive ketones (excluding diaryl/α,β-unsaturated/α-hetero) is 1. The largest absolute Gasteiger partial charge is 0.463 e. The lowest BCUT2D eigenvalue weighted by molar-refractivity contribution is -0.188. The quantitative estimate of drug-likeness (QED) is 0.270. The average Bonchev–Trinajstić information content (AvgIpc) is 2.72. The Balaban J connectivity index is 1.97. The zero-order chi connectivity index (χ0) is 21.1. The Morgan fingerprint density at radius 2 is 2.00 bits per heavy atom.